The summed E-state index contributed by atoms with van der Waals surface area (Å²) in [7, 11) is 0. The maximum absolute atomic E-state index is 13.0. The molecular weight excluding hydrogens is 662 g/mol. The predicted octanol–water partition coefficient (Wildman–Crippen LogP) is 4.99. The largest absolute Gasteiger partial charge is 0.393 e. The van der Waals surface area contributed by atoms with Crippen LogP contribution in [0.15, 0.2) is 60.2 Å². The molecule has 4 heterocycles. The predicted molar refractivity (Wildman–Crippen MR) is 192 cm³/mol. The molecule has 1 saturated heterocycles. The highest BCUT2D eigenvalue weighted by Gasteiger charge is 2.52. The third-order valence-electron chi connectivity index (χ3n) is 9.50. The van der Waals surface area contributed by atoms with Gasteiger partial charge in [0, 0.05) is 75.1 Å². The second-order valence-electron chi connectivity index (χ2n) is 12.8. The number of anilines is 1. The quantitative estimate of drug-likeness (QED) is 0.158. The van der Waals surface area contributed by atoms with Crippen LogP contribution in [0.2, 0.25) is 0 Å². The highest BCUT2D eigenvalue weighted by molar-refractivity contribution is 7.09. The molecule has 2 aliphatic rings. The number of likely N-dealkylation sites (tertiary alicyclic amines) is 1. The first-order valence-electron chi connectivity index (χ1n) is 16.5. The molecule has 260 valence electrons. The van der Waals surface area contributed by atoms with Crippen LogP contribution in [0.5, 0.6) is 0 Å². The molecule has 3 aromatic heterocycles. The minimum atomic E-state index is -4.28. The number of fused-ring (bicyclic) bond motifs is 1. The zero-order valence-electron chi connectivity index (χ0n) is 27.9. The van der Waals surface area contributed by atoms with Crippen molar-refractivity contribution in [1.29, 1.82) is 5.26 Å². The Hall–Kier alpha value is -4.77. The summed E-state index contributed by atoms with van der Waals surface area (Å²) in [6.07, 6.45) is 0.883. The van der Waals surface area contributed by atoms with Crippen LogP contribution in [0.3, 0.4) is 0 Å². The van der Waals surface area contributed by atoms with Gasteiger partial charge in [0.1, 0.15) is 17.6 Å². The Bertz CT molecular complexity index is 2100. The second kappa shape index (κ2) is 14.2. The number of aliphatic imine (C=N–C) groups is 1. The number of rotatable bonds is 10. The average molecular weight is 701 g/mol. The maximum atomic E-state index is 13.0. The van der Waals surface area contributed by atoms with E-state index < -0.39 is 12.6 Å². The third-order valence-corrected chi connectivity index (χ3v) is 10.5. The van der Waals surface area contributed by atoms with Crippen molar-refractivity contribution in [2.24, 2.45) is 10.7 Å². The van der Waals surface area contributed by atoms with E-state index in [1.165, 1.54) is 11.6 Å². The summed E-state index contributed by atoms with van der Waals surface area (Å²) in [5.41, 5.74) is 11.8. The number of aryl methyl sites for hydroxylation is 1. The van der Waals surface area contributed by atoms with E-state index in [4.69, 9.17) is 5.73 Å². The van der Waals surface area contributed by atoms with Crippen molar-refractivity contribution in [3.05, 3.63) is 92.4 Å². The highest BCUT2D eigenvalue weighted by Crippen LogP contribution is 2.51. The van der Waals surface area contributed by atoms with Gasteiger partial charge in [-0.15, -0.1) is 11.3 Å². The number of hydrogen-bond donors (Lipinski definition) is 3. The molecule has 1 amide bonds. The Morgan fingerprint density at radius 2 is 2.00 bits per heavy atom. The van der Waals surface area contributed by atoms with Crippen LogP contribution in [-0.2, 0) is 17.8 Å². The minimum absolute atomic E-state index is 0.0700. The van der Waals surface area contributed by atoms with Crippen LogP contribution in [0.25, 0.3) is 23.3 Å². The molecule has 0 radical (unpaired) electrons. The summed E-state index contributed by atoms with van der Waals surface area (Å²) in [5.74, 6) is 0.176. The number of thiophene rings is 1. The summed E-state index contributed by atoms with van der Waals surface area (Å²) in [4.78, 5) is 23.3. The van der Waals surface area contributed by atoms with Gasteiger partial charge in [-0.1, -0.05) is 19.2 Å². The molecule has 13 heteroatoms. The molecule has 4 N–H and O–H groups in total. The lowest BCUT2D eigenvalue weighted by atomic mass is 10.0. The lowest BCUT2D eigenvalue weighted by Gasteiger charge is -2.33. The van der Waals surface area contributed by atoms with Crippen LogP contribution in [-0.4, -0.2) is 57.9 Å². The number of benzene rings is 1. The van der Waals surface area contributed by atoms with Gasteiger partial charge in [-0.25, -0.2) is 4.99 Å². The number of nitrogens with zero attached hydrogens (tertiary/aromatic N) is 5. The summed E-state index contributed by atoms with van der Waals surface area (Å²) < 4.78 is 41.6. The highest BCUT2D eigenvalue weighted by atomic mass is 32.1. The van der Waals surface area contributed by atoms with Crippen LogP contribution < -0.4 is 26.1 Å². The van der Waals surface area contributed by atoms with Crippen molar-refractivity contribution in [3.63, 3.8) is 0 Å². The summed E-state index contributed by atoms with van der Waals surface area (Å²) in [6.45, 7) is 13.8. The standard InChI is InChI=1S/C37H39F3N8OS/c1-5-32(49)45-25-8-9-30(44-19-25)33-34(42)35(33)48-26(18-41)15-28-21(3)23(7-10-31(28)48)20-47-13-11-24(12-14-47)46-36(43-6-2)29-16-27(50-22(29)4)17-37(38,39)40/h5-10,15-16,19,24,33-35,46H,1,4,11-14,17,20,42H2,2-3H3,(H,45,49)/b36-29+,43-6-. The fraction of sp³-hybridized carbons (Fsp3) is 0.351. The van der Waals surface area contributed by atoms with Gasteiger partial charge in [0.05, 0.1) is 24.3 Å². The molecule has 50 heavy (non-hydrogen) atoms. The van der Waals surface area contributed by atoms with Crippen LogP contribution in [0, 0.1) is 18.3 Å². The van der Waals surface area contributed by atoms with Gasteiger partial charge in [-0.2, -0.15) is 18.4 Å². The van der Waals surface area contributed by atoms with E-state index in [-0.39, 0.29) is 34.8 Å². The molecule has 4 aromatic rings. The van der Waals surface area contributed by atoms with Gasteiger partial charge in [0.25, 0.3) is 0 Å². The van der Waals surface area contributed by atoms with Gasteiger partial charge < -0.3 is 20.9 Å². The van der Waals surface area contributed by atoms with E-state index in [9.17, 15) is 23.2 Å². The smallest absolute Gasteiger partial charge is 0.367 e. The van der Waals surface area contributed by atoms with E-state index in [1.54, 1.807) is 31.5 Å². The molecule has 3 atom stereocenters. The summed E-state index contributed by atoms with van der Waals surface area (Å²) in [6, 6.07) is 13.5. The molecule has 0 bridgehead atoms. The van der Waals surface area contributed by atoms with Gasteiger partial charge >= 0.3 is 6.18 Å². The van der Waals surface area contributed by atoms with Crippen molar-refractivity contribution in [1.82, 2.24) is 19.8 Å². The zero-order valence-corrected chi connectivity index (χ0v) is 28.7. The molecule has 1 aliphatic carbocycles. The van der Waals surface area contributed by atoms with Crippen molar-refractivity contribution < 1.29 is 18.0 Å². The molecule has 0 spiro atoms. The number of carbonyl (C=O) groups excluding carboxylic acids is 1. The first-order valence-corrected chi connectivity index (χ1v) is 17.3. The van der Waals surface area contributed by atoms with Crippen LogP contribution in [0.1, 0.15) is 59.1 Å². The lowest BCUT2D eigenvalue weighted by Crippen LogP contribution is -2.43. The Morgan fingerprint density at radius 3 is 2.64 bits per heavy atom. The summed E-state index contributed by atoms with van der Waals surface area (Å²) in [5, 5.41) is 17.9. The van der Waals surface area contributed by atoms with Crippen molar-refractivity contribution in [2.45, 2.75) is 69.9 Å². The van der Waals surface area contributed by atoms with Gasteiger partial charge in [0.15, 0.2) is 0 Å². The van der Waals surface area contributed by atoms with Crippen LogP contribution >= 0.6 is 11.3 Å². The number of aromatic nitrogens is 2. The lowest BCUT2D eigenvalue weighted by molar-refractivity contribution is -0.126. The Balaban J connectivity index is 1.14. The van der Waals surface area contributed by atoms with E-state index in [1.807, 2.05) is 16.7 Å². The molecule has 2 fully saturated rings. The molecule has 1 aliphatic heterocycles. The normalized spacial score (nSPS) is 20.5. The van der Waals surface area contributed by atoms with E-state index in [0.717, 1.165) is 66.0 Å². The van der Waals surface area contributed by atoms with Gasteiger partial charge in [-0.05, 0) is 74.2 Å². The minimum Gasteiger partial charge on any atom is -0.367 e. The maximum Gasteiger partial charge on any atom is 0.393 e. The Morgan fingerprint density at radius 1 is 1.24 bits per heavy atom. The number of pyridine rings is 1. The van der Waals surface area contributed by atoms with E-state index >= 15 is 0 Å². The SMILES string of the molecule is C=CC(=O)Nc1ccc(C2C(N)C2n2c(C#N)cc3c(C)c(CN4CCC(NC(/N=C\C)=c5\cc(CC(F)(F)F)sc5=C)CC4)ccc32)nc1. The molecule has 6 rings (SSSR count). The van der Waals surface area contributed by atoms with E-state index in [2.05, 4.69) is 63.8 Å². The third kappa shape index (κ3) is 7.38. The molecule has 1 saturated carbocycles. The Labute approximate surface area is 292 Å². The second-order valence-corrected chi connectivity index (χ2v) is 14.0. The number of piperidine rings is 1. The van der Waals surface area contributed by atoms with Gasteiger partial charge in [-0.3, -0.25) is 14.7 Å². The number of hydrogen-bond acceptors (Lipinski definition) is 8. The fourth-order valence-corrected chi connectivity index (χ4v) is 7.91. The fourth-order valence-electron chi connectivity index (χ4n) is 6.91. The number of alkyl halides is 3. The Kier molecular flexibility index (Phi) is 9.98. The van der Waals surface area contributed by atoms with Gasteiger partial charge in [0.2, 0.25) is 5.91 Å². The first kappa shape index (κ1) is 35.1. The number of carbonyl (C=O) groups is 1. The number of nitriles is 1. The number of amides is 1. The molecule has 1 aromatic carbocycles. The topological polar surface area (TPSA) is 124 Å². The molecular formula is C37H39F3N8OS. The summed E-state index contributed by atoms with van der Waals surface area (Å²) >= 11 is 1.06. The van der Waals surface area contributed by atoms with Crippen LogP contribution in [0.4, 0.5) is 18.9 Å². The monoisotopic (exact) mass is 700 g/mol. The number of halogens is 3. The van der Waals surface area contributed by atoms with E-state index in [0.29, 0.717) is 27.0 Å². The number of nitrogens with one attached hydrogen (secondary N) is 2. The van der Waals surface area contributed by atoms with Crippen molar-refractivity contribution >= 4 is 52.4 Å². The first-order chi connectivity index (χ1) is 23.9. The zero-order chi connectivity index (χ0) is 35.7. The van der Waals surface area contributed by atoms with Crippen molar-refractivity contribution in [3.8, 4) is 6.07 Å². The number of nitrogens with two attached hydrogens (primary N) is 1. The molecule has 9 nitrogen and oxygen atoms in total. The molecule has 3 unspecified atom stereocenters. The average Bonchev–Trinajstić information content (AvgIpc) is 3.38. The van der Waals surface area contributed by atoms with Crippen molar-refractivity contribution in [2.75, 3.05) is 18.4 Å².